The second-order valence-corrected chi connectivity index (χ2v) is 7.53. The molecule has 0 unspecified atom stereocenters. The first-order valence-electron chi connectivity index (χ1n) is 6.61. The summed E-state index contributed by atoms with van der Waals surface area (Å²) in [6, 6.07) is 12.2. The fourth-order valence-electron chi connectivity index (χ4n) is 2.00. The van der Waals surface area contributed by atoms with Crippen molar-refractivity contribution in [2.24, 2.45) is 0 Å². The van der Waals surface area contributed by atoms with E-state index in [-0.39, 0.29) is 10.8 Å². The summed E-state index contributed by atoms with van der Waals surface area (Å²) in [5, 5.41) is 0. The second-order valence-electron chi connectivity index (χ2n) is 5.16. The molecule has 0 atom stereocenters. The van der Waals surface area contributed by atoms with E-state index in [1.54, 1.807) is 24.3 Å². The van der Waals surface area contributed by atoms with Gasteiger partial charge in [-0.3, -0.25) is 0 Å². The molecule has 2 aromatic carbocycles. The second kappa shape index (κ2) is 6.20. The first-order chi connectivity index (χ1) is 9.81. The summed E-state index contributed by atoms with van der Waals surface area (Å²) < 4.78 is 30.8. The molecule has 0 aliphatic carbocycles. The number of hydrogen-bond acceptors (Lipinski definition) is 3. The molecule has 2 rings (SSSR count). The van der Waals surface area contributed by atoms with Crippen molar-refractivity contribution in [2.45, 2.75) is 31.6 Å². The molecular weight excluding hydrogens is 352 g/mol. The summed E-state index contributed by atoms with van der Waals surface area (Å²) in [5.41, 5.74) is 1.83. The maximum Gasteiger partial charge on any atom is 0.340 e. The topological polar surface area (TPSA) is 43.4 Å². The van der Waals surface area contributed by atoms with Crippen LogP contribution in [0.1, 0.15) is 30.9 Å². The third-order valence-electron chi connectivity index (χ3n) is 3.10. The van der Waals surface area contributed by atoms with Crippen LogP contribution in [-0.2, 0) is 10.1 Å². The lowest BCUT2D eigenvalue weighted by molar-refractivity contribution is 0.480. The molecule has 0 aliphatic heterocycles. The van der Waals surface area contributed by atoms with Gasteiger partial charge in [0.1, 0.15) is 10.6 Å². The van der Waals surface area contributed by atoms with Gasteiger partial charge in [0.15, 0.2) is 0 Å². The number of benzene rings is 2. The molecule has 3 nitrogen and oxygen atoms in total. The molecule has 5 heteroatoms. The van der Waals surface area contributed by atoms with Crippen LogP contribution >= 0.6 is 15.9 Å². The number of halogens is 1. The highest BCUT2D eigenvalue weighted by molar-refractivity contribution is 9.10. The highest BCUT2D eigenvalue weighted by Gasteiger charge is 2.21. The van der Waals surface area contributed by atoms with Crippen LogP contribution in [0, 0.1) is 6.92 Å². The molecule has 0 amide bonds. The van der Waals surface area contributed by atoms with E-state index in [0.717, 1.165) is 11.1 Å². The van der Waals surface area contributed by atoms with Crippen molar-refractivity contribution in [1.82, 2.24) is 0 Å². The summed E-state index contributed by atoms with van der Waals surface area (Å²) in [7, 11) is -3.86. The fourth-order valence-corrected chi connectivity index (χ4v) is 3.90. The Kier molecular flexibility index (Phi) is 4.74. The first-order valence-corrected chi connectivity index (χ1v) is 8.81. The van der Waals surface area contributed by atoms with Gasteiger partial charge in [-0.1, -0.05) is 38.1 Å². The SMILES string of the molecule is Cc1ccc(C(C)C)c(OS(=O)(=O)c2ccccc2Br)c1. The van der Waals surface area contributed by atoms with Gasteiger partial charge in [-0.15, -0.1) is 0 Å². The molecular formula is C16H17BrO3S. The fraction of sp³-hybridized carbons (Fsp3) is 0.250. The monoisotopic (exact) mass is 368 g/mol. The average molecular weight is 369 g/mol. The average Bonchev–Trinajstić information content (AvgIpc) is 2.38. The van der Waals surface area contributed by atoms with E-state index in [4.69, 9.17) is 4.18 Å². The molecule has 0 heterocycles. The van der Waals surface area contributed by atoms with Crippen LogP contribution in [0.15, 0.2) is 51.8 Å². The lowest BCUT2D eigenvalue weighted by atomic mass is 10.0. The molecule has 2 aromatic rings. The molecule has 0 spiro atoms. The molecule has 21 heavy (non-hydrogen) atoms. The van der Waals surface area contributed by atoms with Crippen LogP contribution in [0.5, 0.6) is 5.75 Å². The Morgan fingerprint density at radius 1 is 1.10 bits per heavy atom. The minimum absolute atomic E-state index is 0.126. The number of rotatable bonds is 4. The van der Waals surface area contributed by atoms with Gasteiger partial charge in [-0.05, 0) is 58.1 Å². The minimum Gasteiger partial charge on any atom is -0.379 e. The van der Waals surface area contributed by atoms with Crippen LogP contribution in [0.2, 0.25) is 0 Å². The Morgan fingerprint density at radius 3 is 2.38 bits per heavy atom. The van der Waals surface area contributed by atoms with Crippen molar-refractivity contribution in [3.8, 4) is 5.75 Å². The molecule has 0 radical (unpaired) electrons. The summed E-state index contributed by atoms with van der Waals surface area (Å²) in [5.74, 6) is 0.566. The third-order valence-corrected chi connectivity index (χ3v) is 5.34. The number of aryl methyl sites for hydroxylation is 1. The zero-order valence-corrected chi connectivity index (χ0v) is 14.5. The Hall–Kier alpha value is -1.33. The van der Waals surface area contributed by atoms with E-state index in [2.05, 4.69) is 15.9 Å². The van der Waals surface area contributed by atoms with E-state index < -0.39 is 10.1 Å². The Bertz CT molecular complexity index is 752. The summed E-state index contributed by atoms with van der Waals surface area (Å²) >= 11 is 3.25. The summed E-state index contributed by atoms with van der Waals surface area (Å²) in [6.07, 6.45) is 0. The summed E-state index contributed by atoms with van der Waals surface area (Å²) in [6.45, 7) is 5.91. The van der Waals surface area contributed by atoms with Gasteiger partial charge in [-0.2, -0.15) is 8.42 Å². The lowest BCUT2D eigenvalue weighted by Gasteiger charge is -2.15. The van der Waals surface area contributed by atoms with Gasteiger partial charge >= 0.3 is 10.1 Å². The Balaban J connectivity index is 2.47. The normalized spacial score (nSPS) is 11.7. The van der Waals surface area contributed by atoms with Crippen molar-refractivity contribution in [3.05, 3.63) is 58.1 Å². The largest absolute Gasteiger partial charge is 0.379 e. The first kappa shape index (κ1) is 16.0. The van der Waals surface area contributed by atoms with Crippen molar-refractivity contribution in [1.29, 1.82) is 0 Å². The quantitative estimate of drug-likeness (QED) is 0.737. The van der Waals surface area contributed by atoms with Gasteiger partial charge in [0.2, 0.25) is 0 Å². The van der Waals surface area contributed by atoms with E-state index in [1.807, 2.05) is 32.9 Å². The Labute approximate surface area is 134 Å². The molecule has 112 valence electrons. The minimum atomic E-state index is -3.86. The highest BCUT2D eigenvalue weighted by Crippen LogP contribution is 2.31. The van der Waals surface area contributed by atoms with Crippen LogP contribution in [0.4, 0.5) is 0 Å². The van der Waals surface area contributed by atoms with Crippen molar-refractivity contribution in [3.63, 3.8) is 0 Å². The van der Waals surface area contributed by atoms with Crippen LogP contribution in [0.25, 0.3) is 0 Å². The Morgan fingerprint density at radius 2 is 1.76 bits per heavy atom. The number of hydrogen-bond donors (Lipinski definition) is 0. The maximum absolute atomic E-state index is 12.5. The van der Waals surface area contributed by atoms with Crippen LogP contribution in [-0.4, -0.2) is 8.42 Å². The van der Waals surface area contributed by atoms with Gasteiger partial charge < -0.3 is 4.18 Å². The van der Waals surface area contributed by atoms with Gasteiger partial charge in [0.05, 0.1) is 0 Å². The lowest BCUT2D eigenvalue weighted by Crippen LogP contribution is -2.12. The predicted octanol–water partition coefficient (Wildman–Crippen LogP) is 4.65. The van der Waals surface area contributed by atoms with Crippen molar-refractivity contribution >= 4 is 26.0 Å². The van der Waals surface area contributed by atoms with Gasteiger partial charge in [0, 0.05) is 4.47 Å². The van der Waals surface area contributed by atoms with E-state index in [0.29, 0.717) is 10.2 Å². The van der Waals surface area contributed by atoms with Crippen molar-refractivity contribution < 1.29 is 12.6 Å². The zero-order chi connectivity index (χ0) is 15.6. The molecule has 0 N–H and O–H groups in total. The molecule has 0 bridgehead atoms. The molecule has 0 aromatic heterocycles. The standard InChI is InChI=1S/C16H17BrO3S/c1-11(2)13-9-8-12(3)10-15(13)20-21(18,19)16-7-5-4-6-14(16)17/h4-11H,1-3H3. The van der Waals surface area contributed by atoms with E-state index in [9.17, 15) is 8.42 Å². The van der Waals surface area contributed by atoms with Crippen LogP contribution in [0.3, 0.4) is 0 Å². The van der Waals surface area contributed by atoms with Gasteiger partial charge in [-0.25, -0.2) is 0 Å². The molecule has 0 aliphatic rings. The third kappa shape index (κ3) is 3.66. The highest BCUT2D eigenvalue weighted by atomic mass is 79.9. The van der Waals surface area contributed by atoms with Crippen LogP contribution < -0.4 is 4.18 Å². The van der Waals surface area contributed by atoms with E-state index >= 15 is 0 Å². The smallest absolute Gasteiger partial charge is 0.340 e. The van der Waals surface area contributed by atoms with Gasteiger partial charge in [0.25, 0.3) is 0 Å². The zero-order valence-electron chi connectivity index (χ0n) is 12.1. The molecule has 0 saturated carbocycles. The van der Waals surface area contributed by atoms with E-state index in [1.165, 1.54) is 6.07 Å². The van der Waals surface area contributed by atoms with Crippen molar-refractivity contribution in [2.75, 3.05) is 0 Å². The summed E-state index contributed by atoms with van der Waals surface area (Å²) in [4.78, 5) is 0.126. The molecule has 0 fully saturated rings. The predicted molar refractivity (Wildman–Crippen MR) is 87.2 cm³/mol. The molecule has 0 saturated heterocycles. The maximum atomic E-state index is 12.5.